The second kappa shape index (κ2) is 5.17. The standard InChI is InChI=1S/C13H16N4O2/c1-9(2)7-16-8-14-15-13(16)11-6-4-5-10(3)12(11)17(18)19/h4-6,8-9H,7H2,1-3H3. The Hall–Kier alpha value is -2.24. The molecule has 1 aromatic heterocycles. The molecule has 1 aromatic carbocycles. The van der Waals surface area contributed by atoms with Crippen molar-refractivity contribution in [2.24, 2.45) is 5.92 Å². The van der Waals surface area contributed by atoms with Crippen LogP contribution in [0.4, 0.5) is 5.69 Å². The van der Waals surface area contributed by atoms with Crippen molar-refractivity contribution in [3.63, 3.8) is 0 Å². The van der Waals surface area contributed by atoms with Gasteiger partial charge >= 0.3 is 0 Å². The number of nitrogens with zero attached hydrogens (tertiary/aromatic N) is 4. The number of para-hydroxylation sites is 1. The Labute approximate surface area is 111 Å². The lowest BCUT2D eigenvalue weighted by Crippen LogP contribution is -2.06. The van der Waals surface area contributed by atoms with Crippen molar-refractivity contribution < 1.29 is 4.92 Å². The SMILES string of the molecule is Cc1cccc(-c2nncn2CC(C)C)c1[N+](=O)[O-]. The maximum Gasteiger partial charge on any atom is 0.283 e. The lowest BCUT2D eigenvalue weighted by Gasteiger charge is -2.10. The fourth-order valence-corrected chi connectivity index (χ4v) is 2.07. The van der Waals surface area contributed by atoms with Crippen LogP contribution in [0.25, 0.3) is 11.4 Å². The summed E-state index contributed by atoms with van der Waals surface area (Å²) < 4.78 is 1.85. The first-order valence-corrected chi connectivity index (χ1v) is 6.13. The van der Waals surface area contributed by atoms with Crippen LogP contribution in [-0.2, 0) is 6.54 Å². The van der Waals surface area contributed by atoms with Crippen LogP contribution in [0.3, 0.4) is 0 Å². The third-order valence-corrected chi connectivity index (χ3v) is 2.84. The molecule has 0 atom stereocenters. The summed E-state index contributed by atoms with van der Waals surface area (Å²) in [5, 5.41) is 19.1. The van der Waals surface area contributed by atoms with Crippen molar-refractivity contribution in [2.45, 2.75) is 27.3 Å². The predicted molar refractivity (Wildman–Crippen MR) is 71.7 cm³/mol. The first-order chi connectivity index (χ1) is 9.00. The van der Waals surface area contributed by atoms with Crippen LogP contribution >= 0.6 is 0 Å². The van der Waals surface area contributed by atoms with Gasteiger partial charge in [-0.15, -0.1) is 10.2 Å². The Kier molecular flexibility index (Phi) is 3.59. The number of benzene rings is 1. The monoisotopic (exact) mass is 260 g/mol. The summed E-state index contributed by atoms with van der Waals surface area (Å²) >= 11 is 0. The maximum atomic E-state index is 11.2. The normalized spacial score (nSPS) is 10.9. The quantitative estimate of drug-likeness (QED) is 0.625. The fraction of sp³-hybridized carbons (Fsp3) is 0.385. The van der Waals surface area contributed by atoms with E-state index in [1.165, 1.54) is 0 Å². The number of rotatable bonds is 4. The molecule has 0 aliphatic carbocycles. The number of nitro groups is 1. The molecule has 0 fully saturated rings. The molecule has 0 saturated carbocycles. The highest BCUT2D eigenvalue weighted by atomic mass is 16.6. The molecule has 19 heavy (non-hydrogen) atoms. The van der Waals surface area contributed by atoms with E-state index < -0.39 is 0 Å². The summed E-state index contributed by atoms with van der Waals surface area (Å²) in [6.45, 7) is 6.61. The van der Waals surface area contributed by atoms with Gasteiger partial charge in [-0.25, -0.2) is 0 Å². The zero-order valence-corrected chi connectivity index (χ0v) is 11.2. The number of hydrogen-bond acceptors (Lipinski definition) is 4. The van der Waals surface area contributed by atoms with Crippen molar-refractivity contribution in [1.82, 2.24) is 14.8 Å². The molecule has 0 amide bonds. The molecule has 0 aliphatic heterocycles. The first kappa shape index (κ1) is 13.2. The van der Waals surface area contributed by atoms with Crippen molar-refractivity contribution in [2.75, 3.05) is 0 Å². The van der Waals surface area contributed by atoms with Gasteiger partial charge in [-0.1, -0.05) is 26.0 Å². The predicted octanol–water partition coefficient (Wildman–Crippen LogP) is 2.82. The van der Waals surface area contributed by atoms with Gasteiger partial charge in [0.15, 0.2) is 5.82 Å². The van der Waals surface area contributed by atoms with Gasteiger partial charge in [-0.05, 0) is 18.9 Å². The van der Waals surface area contributed by atoms with E-state index >= 15 is 0 Å². The summed E-state index contributed by atoms with van der Waals surface area (Å²) in [7, 11) is 0. The summed E-state index contributed by atoms with van der Waals surface area (Å²) in [5.41, 5.74) is 1.24. The van der Waals surface area contributed by atoms with Crippen LogP contribution in [0.5, 0.6) is 0 Å². The first-order valence-electron chi connectivity index (χ1n) is 6.13. The van der Waals surface area contributed by atoms with Crippen LogP contribution in [0.15, 0.2) is 24.5 Å². The van der Waals surface area contributed by atoms with E-state index in [4.69, 9.17) is 0 Å². The average Bonchev–Trinajstić information content (AvgIpc) is 2.75. The Bertz CT molecular complexity index is 604. The third-order valence-electron chi connectivity index (χ3n) is 2.84. The Morgan fingerprint density at radius 3 is 2.79 bits per heavy atom. The van der Waals surface area contributed by atoms with Gasteiger partial charge in [0.1, 0.15) is 6.33 Å². The molecule has 0 spiro atoms. The highest BCUT2D eigenvalue weighted by Gasteiger charge is 2.22. The van der Waals surface area contributed by atoms with Crippen LogP contribution in [-0.4, -0.2) is 19.7 Å². The summed E-state index contributed by atoms with van der Waals surface area (Å²) in [6, 6.07) is 5.24. The minimum atomic E-state index is -0.362. The smallest absolute Gasteiger partial charge is 0.283 e. The number of nitro benzene ring substituents is 1. The molecule has 6 heteroatoms. The molecule has 100 valence electrons. The number of hydrogen-bond donors (Lipinski definition) is 0. The molecule has 2 aromatic rings. The third kappa shape index (κ3) is 2.62. The topological polar surface area (TPSA) is 73.8 Å². The average molecular weight is 260 g/mol. The zero-order chi connectivity index (χ0) is 14.0. The highest BCUT2D eigenvalue weighted by Crippen LogP contribution is 2.31. The molecule has 2 rings (SSSR count). The lowest BCUT2D eigenvalue weighted by molar-refractivity contribution is -0.384. The maximum absolute atomic E-state index is 11.2. The second-order valence-corrected chi connectivity index (χ2v) is 4.93. The highest BCUT2D eigenvalue weighted by molar-refractivity contribution is 5.70. The molecular weight excluding hydrogens is 244 g/mol. The summed E-state index contributed by atoms with van der Waals surface area (Å²) in [4.78, 5) is 10.9. The van der Waals surface area contributed by atoms with E-state index in [9.17, 15) is 10.1 Å². The van der Waals surface area contributed by atoms with E-state index in [-0.39, 0.29) is 10.6 Å². The molecule has 0 radical (unpaired) electrons. The van der Waals surface area contributed by atoms with Crippen molar-refractivity contribution in [1.29, 1.82) is 0 Å². The van der Waals surface area contributed by atoms with E-state index in [0.29, 0.717) is 22.9 Å². The van der Waals surface area contributed by atoms with Gasteiger partial charge < -0.3 is 4.57 Å². The summed E-state index contributed by atoms with van der Waals surface area (Å²) in [5.74, 6) is 0.961. The molecule has 1 heterocycles. The lowest BCUT2D eigenvalue weighted by atomic mass is 10.1. The van der Waals surface area contributed by atoms with E-state index in [2.05, 4.69) is 24.0 Å². The molecule has 0 saturated heterocycles. The summed E-state index contributed by atoms with van der Waals surface area (Å²) in [6.07, 6.45) is 1.61. The largest absolute Gasteiger partial charge is 0.313 e. The van der Waals surface area contributed by atoms with Crippen molar-refractivity contribution in [3.8, 4) is 11.4 Å². The van der Waals surface area contributed by atoms with Gasteiger partial charge in [0.05, 0.1) is 10.5 Å². The Balaban J connectivity index is 2.57. The van der Waals surface area contributed by atoms with Crippen molar-refractivity contribution >= 4 is 5.69 Å². The molecule has 0 N–H and O–H groups in total. The number of aryl methyl sites for hydroxylation is 1. The van der Waals surface area contributed by atoms with E-state index in [1.807, 2.05) is 4.57 Å². The Morgan fingerprint density at radius 2 is 2.16 bits per heavy atom. The van der Waals surface area contributed by atoms with Crippen LogP contribution < -0.4 is 0 Å². The molecule has 0 aliphatic rings. The molecule has 6 nitrogen and oxygen atoms in total. The van der Waals surface area contributed by atoms with Gasteiger partial charge in [0, 0.05) is 12.1 Å². The van der Waals surface area contributed by atoms with Gasteiger partial charge in [-0.2, -0.15) is 0 Å². The zero-order valence-electron chi connectivity index (χ0n) is 11.2. The van der Waals surface area contributed by atoms with Crippen LogP contribution in [0, 0.1) is 23.0 Å². The van der Waals surface area contributed by atoms with Gasteiger partial charge in [0.25, 0.3) is 5.69 Å². The molecule has 0 unspecified atom stereocenters. The van der Waals surface area contributed by atoms with Gasteiger partial charge in [-0.3, -0.25) is 10.1 Å². The minimum Gasteiger partial charge on any atom is -0.313 e. The Morgan fingerprint density at radius 1 is 1.42 bits per heavy atom. The van der Waals surface area contributed by atoms with Crippen LogP contribution in [0.1, 0.15) is 19.4 Å². The minimum absolute atomic E-state index is 0.0977. The number of aromatic nitrogens is 3. The van der Waals surface area contributed by atoms with E-state index in [1.54, 1.807) is 31.5 Å². The fourth-order valence-electron chi connectivity index (χ4n) is 2.07. The molecule has 0 bridgehead atoms. The van der Waals surface area contributed by atoms with E-state index in [0.717, 1.165) is 6.54 Å². The van der Waals surface area contributed by atoms with Gasteiger partial charge in [0.2, 0.25) is 0 Å². The van der Waals surface area contributed by atoms with Crippen molar-refractivity contribution in [3.05, 3.63) is 40.2 Å². The van der Waals surface area contributed by atoms with Crippen LogP contribution in [0.2, 0.25) is 0 Å². The second-order valence-electron chi connectivity index (χ2n) is 4.93. The molecular formula is C13H16N4O2.